The van der Waals surface area contributed by atoms with Crippen molar-refractivity contribution < 1.29 is 0 Å². The fourth-order valence-electron chi connectivity index (χ4n) is 1.96. The van der Waals surface area contributed by atoms with Gasteiger partial charge in [-0.1, -0.05) is 59.3 Å². The zero-order valence-corrected chi connectivity index (χ0v) is 13.5. The van der Waals surface area contributed by atoms with Crippen LogP contribution in [0.4, 0.5) is 0 Å². The van der Waals surface area contributed by atoms with Gasteiger partial charge in [0.2, 0.25) is 0 Å². The summed E-state index contributed by atoms with van der Waals surface area (Å²) in [4.78, 5) is 0. The molecule has 1 unspecified atom stereocenters. The van der Waals surface area contributed by atoms with Crippen molar-refractivity contribution in [3.05, 3.63) is 0 Å². The van der Waals surface area contributed by atoms with Gasteiger partial charge >= 0.3 is 0 Å². The van der Waals surface area contributed by atoms with Gasteiger partial charge in [-0.2, -0.15) is 0 Å². The molecule has 102 valence electrons. The van der Waals surface area contributed by atoms with Gasteiger partial charge in [-0.15, -0.1) is 21.6 Å². The zero-order chi connectivity index (χ0) is 10.9. The predicted molar refractivity (Wildman–Crippen MR) is 83.3 cm³/mol. The van der Waals surface area contributed by atoms with Gasteiger partial charge in [-0.3, -0.25) is 0 Å². The molecule has 0 fully saturated rings. The number of unbranched alkanes of at least 4 members (excludes halogenated alkanes) is 3. The van der Waals surface area contributed by atoms with Crippen LogP contribution >= 0.6 is 21.6 Å². The Morgan fingerprint density at radius 3 is 1.19 bits per heavy atom. The van der Waals surface area contributed by atoms with Crippen molar-refractivity contribution >= 4 is 21.6 Å². The third-order valence-corrected chi connectivity index (χ3v) is 3.95. The first-order chi connectivity index (χ1) is 6.68. The summed E-state index contributed by atoms with van der Waals surface area (Å²) in [5.41, 5.74) is 0. The van der Waals surface area contributed by atoms with Gasteiger partial charge < -0.3 is 6.15 Å². The lowest BCUT2D eigenvalue weighted by atomic mass is 9.90. The molecule has 0 bridgehead atoms. The van der Waals surface area contributed by atoms with Gasteiger partial charge in [0.1, 0.15) is 0 Å². The van der Waals surface area contributed by atoms with E-state index in [4.69, 9.17) is 0 Å². The maximum Gasteiger partial charge on any atom is -0.0150 e. The molecule has 0 spiro atoms. The van der Waals surface area contributed by atoms with E-state index in [1.165, 1.54) is 57.8 Å². The highest BCUT2D eigenvalue weighted by atomic mass is 35.5. The van der Waals surface area contributed by atoms with Crippen LogP contribution in [0.3, 0.4) is 0 Å². The number of halogens is 1. The van der Waals surface area contributed by atoms with Crippen LogP contribution in [-0.2, 0) is 0 Å². The van der Waals surface area contributed by atoms with E-state index in [9.17, 15) is 0 Å². The zero-order valence-electron chi connectivity index (χ0n) is 11.6. The van der Waals surface area contributed by atoms with Crippen LogP contribution < -0.4 is 6.15 Å². The molecule has 0 radical (unpaired) electrons. The molecule has 0 rings (SSSR count). The maximum absolute atomic E-state index is 3.17. The molecule has 0 saturated heterocycles. The second kappa shape index (κ2) is 13.7. The van der Waals surface area contributed by atoms with Crippen molar-refractivity contribution in [2.45, 2.75) is 83.7 Å². The highest BCUT2D eigenvalue weighted by Gasteiger charge is 2.22. The first kappa shape index (κ1) is 21.9. The quantitative estimate of drug-likeness (QED) is 0.531. The Labute approximate surface area is 112 Å². The minimum atomic E-state index is 0. The van der Waals surface area contributed by atoms with E-state index in [0.717, 1.165) is 0 Å². The molecule has 0 aromatic carbocycles. The van der Waals surface area contributed by atoms with Gasteiger partial charge in [0.15, 0.2) is 0 Å². The van der Waals surface area contributed by atoms with Gasteiger partial charge in [0, 0.05) is 0 Å². The molecule has 0 aliphatic rings. The van der Waals surface area contributed by atoms with Crippen LogP contribution in [-0.4, -0.2) is 5.16 Å². The normalized spacial score (nSPS) is 10.5. The van der Waals surface area contributed by atoms with Crippen molar-refractivity contribution in [1.82, 2.24) is 6.15 Å². The minimum Gasteiger partial charge on any atom is -0.344 e. The Morgan fingerprint density at radius 2 is 1.00 bits per heavy atom. The highest BCUT2D eigenvalue weighted by molar-refractivity contribution is 7.19. The molecule has 0 aliphatic heterocycles. The van der Waals surface area contributed by atoms with E-state index in [1.807, 2.05) is 0 Å². The third kappa shape index (κ3) is 11.2. The SMILES string of the molecule is CCCCC(P)(CCCC)CCCC.Cl.N. The minimum absolute atomic E-state index is 0. The Morgan fingerprint density at radius 1 is 0.750 bits per heavy atom. The van der Waals surface area contributed by atoms with Crippen LogP contribution in [0.25, 0.3) is 0 Å². The molecule has 0 saturated carbocycles. The van der Waals surface area contributed by atoms with Crippen LogP contribution in [0.1, 0.15) is 78.6 Å². The van der Waals surface area contributed by atoms with Crippen molar-refractivity contribution in [1.29, 1.82) is 0 Å². The van der Waals surface area contributed by atoms with Gasteiger partial charge in [0.05, 0.1) is 0 Å². The van der Waals surface area contributed by atoms with E-state index >= 15 is 0 Å². The van der Waals surface area contributed by atoms with Gasteiger partial charge in [-0.05, 0) is 24.4 Å². The number of hydrogen-bond acceptors (Lipinski definition) is 1. The maximum atomic E-state index is 3.17. The summed E-state index contributed by atoms with van der Waals surface area (Å²) >= 11 is 0. The lowest BCUT2D eigenvalue weighted by Crippen LogP contribution is -2.20. The summed E-state index contributed by atoms with van der Waals surface area (Å²) in [6.07, 6.45) is 12.5. The average Bonchev–Trinajstić information content (AvgIpc) is 2.21. The van der Waals surface area contributed by atoms with E-state index < -0.39 is 0 Å². The molecular weight excluding hydrogens is 237 g/mol. The first-order valence-electron chi connectivity index (χ1n) is 6.47. The summed E-state index contributed by atoms with van der Waals surface area (Å²) in [5, 5.41) is 0.571. The Kier molecular flexibility index (Phi) is 18.8. The predicted octanol–water partition coefficient (Wildman–Crippen LogP) is 5.75. The average molecular weight is 270 g/mol. The molecular formula is C13H33ClNP. The van der Waals surface area contributed by atoms with Crippen molar-refractivity contribution in [3.63, 3.8) is 0 Å². The van der Waals surface area contributed by atoms with Crippen LogP contribution in [0.5, 0.6) is 0 Å². The lowest BCUT2D eigenvalue weighted by Gasteiger charge is -2.29. The van der Waals surface area contributed by atoms with E-state index in [-0.39, 0.29) is 18.6 Å². The molecule has 3 N–H and O–H groups in total. The Bertz CT molecular complexity index is 109. The molecule has 0 amide bonds. The van der Waals surface area contributed by atoms with E-state index in [2.05, 4.69) is 30.0 Å². The third-order valence-electron chi connectivity index (χ3n) is 3.08. The summed E-state index contributed by atoms with van der Waals surface area (Å²) in [5.74, 6) is 0. The molecule has 0 aromatic rings. The summed E-state index contributed by atoms with van der Waals surface area (Å²) in [6, 6.07) is 0. The highest BCUT2D eigenvalue weighted by Crippen LogP contribution is 2.36. The number of hydrogen-bond donors (Lipinski definition) is 1. The topological polar surface area (TPSA) is 35.0 Å². The Balaban J connectivity index is -0.000000845. The second-order valence-corrected chi connectivity index (χ2v) is 5.90. The number of rotatable bonds is 9. The summed E-state index contributed by atoms with van der Waals surface area (Å²) < 4.78 is 0. The molecule has 3 heteroatoms. The molecule has 16 heavy (non-hydrogen) atoms. The van der Waals surface area contributed by atoms with E-state index in [0.29, 0.717) is 5.16 Å². The second-order valence-electron chi connectivity index (χ2n) is 4.67. The van der Waals surface area contributed by atoms with Crippen molar-refractivity contribution in [2.24, 2.45) is 0 Å². The summed E-state index contributed by atoms with van der Waals surface area (Å²) in [7, 11) is 3.17. The fourth-order valence-corrected chi connectivity index (χ4v) is 2.57. The summed E-state index contributed by atoms with van der Waals surface area (Å²) in [6.45, 7) is 6.89. The van der Waals surface area contributed by atoms with Crippen molar-refractivity contribution in [2.75, 3.05) is 0 Å². The first-order valence-corrected chi connectivity index (χ1v) is 7.05. The molecule has 0 aliphatic carbocycles. The molecule has 0 aromatic heterocycles. The Hall–Kier alpha value is 0.680. The van der Waals surface area contributed by atoms with E-state index in [1.54, 1.807) is 0 Å². The fraction of sp³-hybridized carbons (Fsp3) is 1.00. The monoisotopic (exact) mass is 269 g/mol. The van der Waals surface area contributed by atoms with Crippen LogP contribution in [0.2, 0.25) is 0 Å². The van der Waals surface area contributed by atoms with Gasteiger partial charge in [-0.25, -0.2) is 0 Å². The lowest BCUT2D eigenvalue weighted by molar-refractivity contribution is 0.424. The standard InChI is InChI=1S/C13H29P.ClH.H3N/c1-4-7-10-13(14,11-8-5-2)12-9-6-3;;/h4-12,14H2,1-3H3;1H;1H3. The van der Waals surface area contributed by atoms with Gasteiger partial charge in [0.25, 0.3) is 0 Å². The van der Waals surface area contributed by atoms with Crippen molar-refractivity contribution in [3.8, 4) is 0 Å². The largest absolute Gasteiger partial charge is 0.344 e. The molecule has 1 atom stereocenters. The van der Waals surface area contributed by atoms with Crippen LogP contribution in [0, 0.1) is 0 Å². The molecule has 1 nitrogen and oxygen atoms in total. The molecule has 0 heterocycles. The smallest absolute Gasteiger partial charge is 0.0150 e. The van der Waals surface area contributed by atoms with Crippen LogP contribution in [0.15, 0.2) is 0 Å².